The van der Waals surface area contributed by atoms with Crippen molar-refractivity contribution in [2.45, 2.75) is 18.4 Å². The minimum absolute atomic E-state index is 0.0167. The predicted molar refractivity (Wildman–Crippen MR) is 147 cm³/mol. The van der Waals surface area contributed by atoms with Crippen molar-refractivity contribution in [3.05, 3.63) is 100 Å². The lowest BCUT2D eigenvalue weighted by atomic mass is 10.1. The maximum Gasteiger partial charge on any atom is 0.264 e. The second-order valence-corrected chi connectivity index (χ2v) is 10.9. The van der Waals surface area contributed by atoms with Gasteiger partial charge in [-0.2, -0.15) is 0 Å². The Kier molecular flexibility index (Phi) is 7.42. The molecule has 0 unspecified atom stereocenters. The number of nitrogens with two attached hydrogens (primary N) is 1. The van der Waals surface area contributed by atoms with E-state index in [1.165, 1.54) is 4.31 Å². The van der Waals surface area contributed by atoms with E-state index in [0.717, 1.165) is 5.56 Å². The number of amidine groups is 1. The fourth-order valence-corrected chi connectivity index (χ4v) is 5.50. The standard InChI is InChI=1S/C27H30N6O3S/c1-19-30-25-17-22(33(16-15-31(2)3)37(35,36)23-7-5-4-6-8-23)13-14-24(25)27(34)32(19)18-20-9-11-21(12-10-20)26(28)29/h4-14,17H,15-16,18H2,1-3H3,(H3,28,29). The van der Waals surface area contributed by atoms with Gasteiger partial charge in [-0.1, -0.05) is 42.5 Å². The van der Waals surface area contributed by atoms with E-state index in [-0.39, 0.29) is 22.8 Å². The minimum Gasteiger partial charge on any atom is -0.384 e. The van der Waals surface area contributed by atoms with E-state index >= 15 is 0 Å². The second-order valence-electron chi connectivity index (χ2n) is 9.06. The third-order valence-electron chi connectivity index (χ3n) is 6.10. The highest BCUT2D eigenvalue weighted by Gasteiger charge is 2.25. The van der Waals surface area contributed by atoms with Gasteiger partial charge in [-0.15, -0.1) is 0 Å². The summed E-state index contributed by atoms with van der Waals surface area (Å²) in [6, 6.07) is 20.4. The molecule has 0 spiro atoms. The van der Waals surface area contributed by atoms with Crippen molar-refractivity contribution in [3.63, 3.8) is 0 Å². The van der Waals surface area contributed by atoms with Gasteiger partial charge in [0, 0.05) is 18.7 Å². The van der Waals surface area contributed by atoms with Crippen LogP contribution in [-0.4, -0.2) is 55.9 Å². The monoisotopic (exact) mass is 518 g/mol. The van der Waals surface area contributed by atoms with Crippen LogP contribution in [0.15, 0.2) is 82.5 Å². The lowest BCUT2D eigenvalue weighted by Crippen LogP contribution is -2.36. The summed E-state index contributed by atoms with van der Waals surface area (Å²) in [5, 5.41) is 7.94. The number of fused-ring (bicyclic) bond motifs is 1. The van der Waals surface area contributed by atoms with Crippen LogP contribution >= 0.6 is 0 Å². The average Bonchev–Trinajstić information content (AvgIpc) is 2.87. The minimum atomic E-state index is -3.83. The fourth-order valence-electron chi connectivity index (χ4n) is 4.03. The first-order chi connectivity index (χ1) is 17.6. The summed E-state index contributed by atoms with van der Waals surface area (Å²) in [7, 11) is -0.0584. The Morgan fingerprint density at radius 2 is 1.68 bits per heavy atom. The number of likely N-dealkylation sites (N-methyl/N-ethyl adjacent to an activating group) is 1. The van der Waals surface area contributed by atoms with Gasteiger partial charge in [0.2, 0.25) is 0 Å². The molecule has 3 aromatic carbocycles. The quantitative estimate of drug-likeness (QED) is 0.259. The molecule has 0 saturated carbocycles. The molecule has 0 amide bonds. The molecule has 0 aliphatic rings. The molecule has 9 nitrogen and oxygen atoms in total. The van der Waals surface area contributed by atoms with Crippen LogP contribution in [-0.2, 0) is 16.6 Å². The van der Waals surface area contributed by atoms with Crippen LogP contribution in [0.3, 0.4) is 0 Å². The van der Waals surface area contributed by atoms with Gasteiger partial charge in [0.25, 0.3) is 15.6 Å². The molecule has 0 aliphatic heterocycles. The molecule has 37 heavy (non-hydrogen) atoms. The Bertz CT molecular complexity index is 1600. The van der Waals surface area contributed by atoms with Crippen LogP contribution in [0.5, 0.6) is 0 Å². The Balaban J connectivity index is 1.74. The SMILES string of the molecule is Cc1nc2cc(N(CCN(C)C)S(=O)(=O)c3ccccc3)ccc2c(=O)n1Cc1ccc(C(=N)N)cc1. The molecule has 1 aromatic heterocycles. The van der Waals surface area contributed by atoms with Gasteiger partial charge >= 0.3 is 0 Å². The highest BCUT2D eigenvalue weighted by molar-refractivity contribution is 7.92. The molecular weight excluding hydrogens is 488 g/mol. The first kappa shape index (κ1) is 26.1. The average molecular weight is 519 g/mol. The summed E-state index contributed by atoms with van der Waals surface area (Å²) in [4.78, 5) is 20.1. The number of anilines is 1. The summed E-state index contributed by atoms with van der Waals surface area (Å²) in [6.07, 6.45) is 0. The largest absolute Gasteiger partial charge is 0.384 e. The van der Waals surface area contributed by atoms with Crippen molar-refractivity contribution in [2.24, 2.45) is 5.73 Å². The summed E-state index contributed by atoms with van der Waals surface area (Å²) in [5.41, 5.74) is 7.68. The van der Waals surface area contributed by atoms with E-state index in [9.17, 15) is 13.2 Å². The van der Waals surface area contributed by atoms with Gasteiger partial charge in [0.15, 0.2) is 0 Å². The smallest absolute Gasteiger partial charge is 0.264 e. The van der Waals surface area contributed by atoms with Crippen molar-refractivity contribution < 1.29 is 8.42 Å². The maximum atomic E-state index is 13.5. The molecule has 0 radical (unpaired) electrons. The van der Waals surface area contributed by atoms with Crippen LogP contribution < -0.4 is 15.6 Å². The molecule has 0 saturated heterocycles. The number of hydrogen-bond acceptors (Lipinski definition) is 6. The summed E-state index contributed by atoms with van der Waals surface area (Å²) in [5.74, 6) is 0.494. The van der Waals surface area contributed by atoms with Gasteiger partial charge in [0.1, 0.15) is 11.7 Å². The van der Waals surface area contributed by atoms with Gasteiger partial charge in [0.05, 0.1) is 28.0 Å². The molecule has 0 bridgehead atoms. The van der Waals surface area contributed by atoms with Crippen molar-refractivity contribution >= 4 is 32.4 Å². The van der Waals surface area contributed by atoms with Gasteiger partial charge in [-0.05, 0) is 56.9 Å². The molecule has 4 rings (SSSR count). The zero-order valence-electron chi connectivity index (χ0n) is 21.0. The lowest BCUT2D eigenvalue weighted by Gasteiger charge is -2.26. The third kappa shape index (κ3) is 5.55. The van der Waals surface area contributed by atoms with E-state index < -0.39 is 10.0 Å². The Hall–Kier alpha value is -4.02. The van der Waals surface area contributed by atoms with Gasteiger partial charge in [-0.3, -0.25) is 19.1 Å². The number of aromatic nitrogens is 2. The Morgan fingerprint density at radius 1 is 1.00 bits per heavy atom. The zero-order chi connectivity index (χ0) is 26.7. The Labute approximate surface area is 216 Å². The summed E-state index contributed by atoms with van der Waals surface area (Å²) < 4.78 is 30.0. The van der Waals surface area contributed by atoms with E-state index in [4.69, 9.17) is 11.1 Å². The molecular formula is C27H30N6O3S. The third-order valence-corrected chi connectivity index (χ3v) is 7.95. The van der Waals surface area contributed by atoms with Crippen molar-refractivity contribution in [3.8, 4) is 0 Å². The molecule has 10 heteroatoms. The molecule has 0 aliphatic carbocycles. The second kappa shape index (κ2) is 10.5. The number of hydrogen-bond donors (Lipinski definition) is 2. The topological polar surface area (TPSA) is 125 Å². The first-order valence-corrected chi connectivity index (χ1v) is 13.2. The Morgan fingerprint density at radius 3 is 2.30 bits per heavy atom. The van der Waals surface area contributed by atoms with Crippen LogP contribution in [0.25, 0.3) is 10.9 Å². The zero-order valence-corrected chi connectivity index (χ0v) is 21.9. The number of aryl methyl sites for hydroxylation is 1. The number of nitrogens with one attached hydrogen (secondary N) is 1. The first-order valence-electron chi connectivity index (χ1n) is 11.7. The predicted octanol–water partition coefficient (Wildman–Crippen LogP) is 2.79. The van der Waals surface area contributed by atoms with Gasteiger partial charge < -0.3 is 10.6 Å². The maximum absolute atomic E-state index is 13.5. The molecule has 3 N–H and O–H groups in total. The van der Waals surface area contributed by atoms with Crippen molar-refractivity contribution in [2.75, 3.05) is 31.5 Å². The number of benzene rings is 3. The summed E-state index contributed by atoms with van der Waals surface area (Å²) in [6.45, 7) is 2.81. The van der Waals surface area contributed by atoms with E-state index in [1.54, 1.807) is 72.2 Å². The fraction of sp³-hybridized carbons (Fsp3) is 0.222. The lowest BCUT2D eigenvalue weighted by molar-refractivity contribution is 0.419. The van der Waals surface area contributed by atoms with E-state index in [1.807, 2.05) is 31.1 Å². The highest BCUT2D eigenvalue weighted by Crippen LogP contribution is 2.26. The molecule has 0 atom stereocenters. The molecule has 4 aromatic rings. The van der Waals surface area contributed by atoms with Gasteiger partial charge in [-0.25, -0.2) is 13.4 Å². The number of rotatable bonds is 9. The van der Waals surface area contributed by atoms with Crippen LogP contribution in [0.1, 0.15) is 17.0 Å². The molecule has 192 valence electrons. The molecule has 1 heterocycles. The number of sulfonamides is 1. The van der Waals surface area contributed by atoms with E-state index in [0.29, 0.717) is 41.1 Å². The number of nitrogen functional groups attached to an aromatic ring is 1. The highest BCUT2D eigenvalue weighted by atomic mass is 32.2. The van der Waals surface area contributed by atoms with Crippen molar-refractivity contribution in [1.29, 1.82) is 5.41 Å². The van der Waals surface area contributed by atoms with Crippen LogP contribution in [0.2, 0.25) is 0 Å². The van der Waals surface area contributed by atoms with Crippen LogP contribution in [0, 0.1) is 12.3 Å². The van der Waals surface area contributed by atoms with Crippen LogP contribution in [0.4, 0.5) is 5.69 Å². The van der Waals surface area contributed by atoms with Crippen molar-refractivity contribution in [1.82, 2.24) is 14.5 Å². The number of nitrogens with zero attached hydrogens (tertiary/aromatic N) is 4. The van der Waals surface area contributed by atoms with E-state index in [2.05, 4.69) is 4.98 Å². The summed E-state index contributed by atoms with van der Waals surface area (Å²) >= 11 is 0. The molecule has 0 fully saturated rings. The normalized spacial score (nSPS) is 11.7.